The van der Waals surface area contributed by atoms with Gasteiger partial charge in [-0.15, -0.1) is 11.3 Å². The van der Waals surface area contributed by atoms with Crippen molar-refractivity contribution in [2.45, 2.75) is 19.5 Å². The third kappa shape index (κ3) is 4.54. The highest BCUT2D eigenvalue weighted by Crippen LogP contribution is 2.15. The summed E-state index contributed by atoms with van der Waals surface area (Å²) in [7, 11) is 0. The Kier molecular flexibility index (Phi) is 5.84. The lowest BCUT2D eigenvalue weighted by molar-refractivity contribution is -0.121. The number of pyridine rings is 1. The fourth-order valence-corrected chi connectivity index (χ4v) is 3.64. The molecule has 0 aliphatic carbocycles. The molecule has 0 radical (unpaired) electrons. The number of aromatic nitrogens is 1. The van der Waals surface area contributed by atoms with Crippen LogP contribution in [-0.4, -0.2) is 52.9 Å². The minimum Gasteiger partial charge on any atom is -0.309 e. The molecule has 1 fully saturated rings. The first-order valence-corrected chi connectivity index (χ1v) is 9.29. The second-order valence-electron chi connectivity index (χ2n) is 5.92. The van der Waals surface area contributed by atoms with Crippen molar-refractivity contribution >= 4 is 34.7 Å². The summed E-state index contributed by atoms with van der Waals surface area (Å²) >= 11 is 7.60. The lowest BCUT2D eigenvalue weighted by Crippen LogP contribution is -2.52. The van der Waals surface area contributed by atoms with Gasteiger partial charge in [-0.3, -0.25) is 14.6 Å². The van der Waals surface area contributed by atoms with Gasteiger partial charge in [-0.1, -0.05) is 17.7 Å². The highest BCUT2D eigenvalue weighted by molar-refractivity contribution is 7.09. The van der Waals surface area contributed by atoms with Crippen molar-refractivity contribution in [1.82, 2.24) is 14.8 Å². The van der Waals surface area contributed by atoms with Crippen LogP contribution in [0.15, 0.2) is 35.8 Å². The van der Waals surface area contributed by atoms with Crippen molar-refractivity contribution < 1.29 is 4.79 Å². The summed E-state index contributed by atoms with van der Waals surface area (Å²) in [6, 6.07) is 7.52. The molecule has 1 saturated heterocycles. The number of anilines is 1. The van der Waals surface area contributed by atoms with E-state index in [1.54, 1.807) is 23.5 Å². The summed E-state index contributed by atoms with van der Waals surface area (Å²) in [6.07, 6.45) is 1.53. The van der Waals surface area contributed by atoms with Crippen LogP contribution in [0.25, 0.3) is 0 Å². The van der Waals surface area contributed by atoms with Crippen LogP contribution < -0.4 is 5.32 Å². The van der Waals surface area contributed by atoms with E-state index in [-0.39, 0.29) is 11.9 Å². The van der Waals surface area contributed by atoms with Gasteiger partial charge in [0.2, 0.25) is 5.91 Å². The Morgan fingerprint density at radius 2 is 2.12 bits per heavy atom. The molecule has 1 amide bonds. The molecule has 0 saturated carbocycles. The minimum absolute atomic E-state index is 0.0310. The standard InChI is InChI=1S/C17H21ClN4OS/c1-13(17(23)20-16-5-4-14(18)11-19-16)22-8-6-21(7-9-22)12-15-3-2-10-24-15/h2-5,10-11,13H,6-9,12H2,1H3,(H,19,20,23). The predicted octanol–water partition coefficient (Wildman–Crippen LogP) is 2.94. The van der Waals surface area contributed by atoms with Crippen molar-refractivity contribution in [1.29, 1.82) is 0 Å². The molecule has 1 aliphatic heterocycles. The average Bonchev–Trinajstić information content (AvgIpc) is 3.10. The van der Waals surface area contributed by atoms with Crippen LogP contribution in [0.3, 0.4) is 0 Å². The van der Waals surface area contributed by atoms with Crippen molar-refractivity contribution in [3.05, 3.63) is 45.7 Å². The number of thiophene rings is 1. The van der Waals surface area contributed by atoms with E-state index in [2.05, 4.69) is 37.6 Å². The minimum atomic E-state index is -0.175. The smallest absolute Gasteiger partial charge is 0.242 e. The highest BCUT2D eigenvalue weighted by atomic mass is 35.5. The maximum atomic E-state index is 12.4. The van der Waals surface area contributed by atoms with Crippen molar-refractivity contribution in [2.24, 2.45) is 0 Å². The molecule has 7 heteroatoms. The maximum Gasteiger partial charge on any atom is 0.242 e. The van der Waals surface area contributed by atoms with Gasteiger partial charge in [0.25, 0.3) is 0 Å². The number of hydrogen-bond acceptors (Lipinski definition) is 5. The van der Waals surface area contributed by atoms with E-state index >= 15 is 0 Å². The first-order chi connectivity index (χ1) is 11.6. The number of carbonyl (C=O) groups is 1. The molecular weight excluding hydrogens is 344 g/mol. The van der Waals surface area contributed by atoms with E-state index in [9.17, 15) is 4.79 Å². The van der Waals surface area contributed by atoms with Gasteiger partial charge in [0, 0.05) is 43.8 Å². The van der Waals surface area contributed by atoms with Gasteiger partial charge >= 0.3 is 0 Å². The molecule has 0 bridgehead atoms. The molecule has 0 aromatic carbocycles. The van der Waals surface area contributed by atoms with Crippen LogP contribution in [0.4, 0.5) is 5.82 Å². The zero-order chi connectivity index (χ0) is 16.9. The second kappa shape index (κ2) is 8.07. The molecule has 3 rings (SSSR count). The predicted molar refractivity (Wildman–Crippen MR) is 98.5 cm³/mol. The Hall–Kier alpha value is -1.47. The van der Waals surface area contributed by atoms with Crippen LogP contribution in [0.2, 0.25) is 5.02 Å². The Bertz CT molecular complexity index is 654. The van der Waals surface area contributed by atoms with E-state index in [0.717, 1.165) is 32.7 Å². The van der Waals surface area contributed by atoms with Crippen molar-refractivity contribution in [3.63, 3.8) is 0 Å². The molecule has 128 valence electrons. The van der Waals surface area contributed by atoms with E-state index in [1.165, 1.54) is 11.1 Å². The molecule has 24 heavy (non-hydrogen) atoms. The van der Waals surface area contributed by atoms with Crippen LogP contribution >= 0.6 is 22.9 Å². The van der Waals surface area contributed by atoms with Gasteiger partial charge in [0.05, 0.1) is 11.1 Å². The summed E-state index contributed by atoms with van der Waals surface area (Å²) in [4.78, 5) is 22.6. The van der Waals surface area contributed by atoms with Gasteiger partial charge in [0.15, 0.2) is 0 Å². The number of hydrogen-bond donors (Lipinski definition) is 1. The molecule has 2 aromatic rings. The number of nitrogens with zero attached hydrogens (tertiary/aromatic N) is 3. The lowest BCUT2D eigenvalue weighted by Gasteiger charge is -2.37. The lowest BCUT2D eigenvalue weighted by atomic mass is 10.2. The largest absolute Gasteiger partial charge is 0.309 e. The zero-order valence-corrected chi connectivity index (χ0v) is 15.2. The third-order valence-corrected chi connectivity index (χ3v) is 5.36. The molecule has 1 unspecified atom stereocenters. The van der Waals surface area contributed by atoms with E-state index < -0.39 is 0 Å². The van der Waals surface area contributed by atoms with E-state index in [4.69, 9.17) is 11.6 Å². The Labute approximate surface area is 151 Å². The molecule has 2 aromatic heterocycles. The number of piperazine rings is 1. The van der Waals surface area contributed by atoms with Crippen LogP contribution in [0, 0.1) is 0 Å². The third-order valence-electron chi connectivity index (χ3n) is 4.27. The summed E-state index contributed by atoms with van der Waals surface area (Å²) in [5.41, 5.74) is 0. The SMILES string of the molecule is CC(C(=O)Nc1ccc(Cl)cn1)N1CCN(Cc2cccs2)CC1. The summed E-state index contributed by atoms with van der Waals surface area (Å²) in [5, 5.41) is 5.52. The Morgan fingerprint density at radius 3 is 2.75 bits per heavy atom. The number of carbonyl (C=O) groups excluding carboxylic acids is 1. The Morgan fingerprint density at radius 1 is 1.33 bits per heavy atom. The topological polar surface area (TPSA) is 48.5 Å². The van der Waals surface area contributed by atoms with E-state index in [0.29, 0.717) is 10.8 Å². The number of rotatable bonds is 5. The summed E-state index contributed by atoms with van der Waals surface area (Å²) < 4.78 is 0. The zero-order valence-electron chi connectivity index (χ0n) is 13.6. The quantitative estimate of drug-likeness (QED) is 0.886. The van der Waals surface area contributed by atoms with Gasteiger partial charge in [-0.05, 0) is 30.5 Å². The molecule has 1 atom stereocenters. The van der Waals surface area contributed by atoms with Gasteiger partial charge in [-0.2, -0.15) is 0 Å². The first-order valence-electron chi connectivity index (χ1n) is 8.03. The monoisotopic (exact) mass is 364 g/mol. The molecule has 5 nitrogen and oxygen atoms in total. The molecule has 0 spiro atoms. The average molecular weight is 365 g/mol. The number of nitrogens with one attached hydrogen (secondary N) is 1. The van der Waals surface area contributed by atoms with Crippen molar-refractivity contribution in [2.75, 3.05) is 31.5 Å². The molecule has 3 heterocycles. The molecular formula is C17H21ClN4OS. The van der Waals surface area contributed by atoms with E-state index in [1.807, 2.05) is 6.92 Å². The van der Waals surface area contributed by atoms with Crippen LogP contribution in [0.5, 0.6) is 0 Å². The van der Waals surface area contributed by atoms with Crippen molar-refractivity contribution in [3.8, 4) is 0 Å². The Balaban J connectivity index is 1.48. The van der Waals surface area contributed by atoms with Gasteiger partial charge in [-0.25, -0.2) is 4.98 Å². The van der Waals surface area contributed by atoms with Gasteiger partial charge in [0.1, 0.15) is 5.82 Å². The van der Waals surface area contributed by atoms with Gasteiger partial charge < -0.3 is 5.32 Å². The normalized spacial score (nSPS) is 17.6. The second-order valence-corrected chi connectivity index (χ2v) is 7.39. The summed E-state index contributed by atoms with van der Waals surface area (Å²) in [5.74, 6) is 0.504. The maximum absolute atomic E-state index is 12.4. The highest BCUT2D eigenvalue weighted by Gasteiger charge is 2.25. The van der Waals surface area contributed by atoms with Crippen LogP contribution in [0.1, 0.15) is 11.8 Å². The fraction of sp³-hybridized carbons (Fsp3) is 0.412. The number of amides is 1. The fourth-order valence-electron chi connectivity index (χ4n) is 2.78. The summed E-state index contributed by atoms with van der Waals surface area (Å²) in [6.45, 7) is 6.70. The van der Waals surface area contributed by atoms with Crippen LogP contribution in [-0.2, 0) is 11.3 Å². The molecule has 1 N–H and O–H groups in total. The first kappa shape index (κ1) is 17.4. The molecule has 1 aliphatic rings. The number of halogens is 1.